The number of unbranched alkanes of at least 4 members (excludes halogenated alkanes) is 13. The predicted molar refractivity (Wildman–Crippen MR) is 112 cm³/mol. The summed E-state index contributed by atoms with van der Waals surface area (Å²) in [6, 6.07) is -0.563. The highest BCUT2D eigenvalue weighted by molar-refractivity contribution is 7.80. The predicted octanol–water partition coefficient (Wildman–Crippen LogP) is 4.99. The van der Waals surface area contributed by atoms with Gasteiger partial charge in [0.15, 0.2) is 0 Å². The van der Waals surface area contributed by atoms with E-state index in [1.54, 1.807) is 0 Å². The molecule has 0 aliphatic rings. The number of aliphatic carboxylic acids is 1. The van der Waals surface area contributed by atoms with E-state index in [2.05, 4.69) is 30.2 Å². The summed E-state index contributed by atoms with van der Waals surface area (Å²) in [4.78, 5) is 10.8. The topological polar surface area (TPSA) is 61.4 Å². The number of nitrogens with one attached hydrogen (secondary N) is 2. The van der Waals surface area contributed by atoms with Crippen molar-refractivity contribution in [3.63, 3.8) is 0 Å². The van der Waals surface area contributed by atoms with Gasteiger partial charge in [0.05, 0.1) is 0 Å². The number of carbonyl (C=O) groups is 1. The molecule has 0 rings (SSSR count). The number of carboxylic acid groups (broad SMARTS) is 1. The minimum absolute atomic E-state index is 0.315. The summed E-state index contributed by atoms with van der Waals surface area (Å²) in [5, 5.41) is 15.0. The van der Waals surface area contributed by atoms with Crippen LogP contribution in [0.2, 0.25) is 0 Å². The molecule has 0 aliphatic carbocycles. The maximum Gasteiger partial charge on any atom is 0.321 e. The number of hydrogen-bond acceptors (Lipinski definition) is 4. The molecule has 25 heavy (non-hydrogen) atoms. The zero-order valence-electron chi connectivity index (χ0n) is 16.4. The van der Waals surface area contributed by atoms with Crippen molar-refractivity contribution in [1.82, 2.24) is 10.6 Å². The van der Waals surface area contributed by atoms with Crippen molar-refractivity contribution in [1.29, 1.82) is 0 Å². The first-order valence-electron chi connectivity index (χ1n) is 10.5. The molecule has 0 spiro atoms. The lowest BCUT2D eigenvalue weighted by molar-refractivity contribution is -0.138. The van der Waals surface area contributed by atoms with Gasteiger partial charge in [0.25, 0.3) is 0 Å². The van der Waals surface area contributed by atoms with Crippen molar-refractivity contribution in [3.05, 3.63) is 0 Å². The first-order chi connectivity index (χ1) is 12.2. The van der Waals surface area contributed by atoms with Gasteiger partial charge in [-0.05, 0) is 13.0 Å². The highest BCUT2D eigenvalue weighted by Gasteiger charge is 2.13. The molecule has 5 heteroatoms. The number of rotatable bonds is 20. The first kappa shape index (κ1) is 24.7. The van der Waals surface area contributed by atoms with E-state index < -0.39 is 12.0 Å². The Bertz CT molecular complexity index is 291. The third-order valence-corrected chi connectivity index (χ3v) is 5.03. The minimum Gasteiger partial charge on any atom is -0.480 e. The van der Waals surface area contributed by atoms with E-state index in [-0.39, 0.29) is 0 Å². The quantitative estimate of drug-likeness (QED) is 0.138. The summed E-state index contributed by atoms with van der Waals surface area (Å²) in [7, 11) is 0. The maximum absolute atomic E-state index is 10.8. The largest absolute Gasteiger partial charge is 0.480 e. The SMILES string of the molecule is CCCCCCCCCCCCCCCCNCN[C@@H](CS)C(=O)O. The molecule has 1 atom stereocenters. The van der Waals surface area contributed by atoms with Crippen molar-refractivity contribution < 1.29 is 9.90 Å². The lowest BCUT2D eigenvalue weighted by Gasteiger charge is -2.12. The molecular weight excluding hydrogens is 332 g/mol. The van der Waals surface area contributed by atoms with Gasteiger partial charge in [-0.3, -0.25) is 10.1 Å². The number of hydrogen-bond donors (Lipinski definition) is 4. The first-order valence-corrected chi connectivity index (χ1v) is 11.1. The molecule has 0 saturated heterocycles. The molecule has 0 fully saturated rings. The summed E-state index contributed by atoms with van der Waals surface area (Å²) >= 11 is 4.02. The summed E-state index contributed by atoms with van der Waals surface area (Å²) in [5.41, 5.74) is 0. The third kappa shape index (κ3) is 18.3. The Balaban J connectivity index is 3.11. The van der Waals surface area contributed by atoms with E-state index >= 15 is 0 Å². The van der Waals surface area contributed by atoms with Gasteiger partial charge in [-0.15, -0.1) is 0 Å². The Kier molecular flexibility index (Phi) is 19.8. The van der Waals surface area contributed by atoms with Crippen LogP contribution in [0.5, 0.6) is 0 Å². The average molecular weight is 375 g/mol. The lowest BCUT2D eigenvalue weighted by atomic mass is 10.0. The molecule has 0 heterocycles. The van der Waals surface area contributed by atoms with Gasteiger partial charge < -0.3 is 10.4 Å². The molecule has 3 N–H and O–H groups in total. The Morgan fingerprint density at radius 1 is 0.840 bits per heavy atom. The zero-order valence-corrected chi connectivity index (χ0v) is 17.3. The standard InChI is InChI=1S/C20H42N2O2S/c1-2-3-4-5-6-7-8-9-10-11-12-13-14-15-16-21-18-22-19(17-25)20(23)24/h19,21-22,25H,2-18H2,1H3,(H,23,24)/t19-/m0/s1. The van der Waals surface area contributed by atoms with Crippen LogP contribution in [0.4, 0.5) is 0 Å². The van der Waals surface area contributed by atoms with Crippen LogP contribution in [-0.2, 0) is 4.79 Å². The van der Waals surface area contributed by atoms with E-state index in [0.29, 0.717) is 12.4 Å². The van der Waals surface area contributed by atoms with E-state index in [1.165, 1.54) is 83.5 Å². The van der Waals surface area contributed by atoms with Crippen molar-refractivity contribution in [3.8, 4) is 0 Å². The van der Waals surface area contributed by atoms with Crippen LogP contribution in [0.15, 0.2) is 0 Å². The Labute approximate surface area is 161 Å². The van der Waals surface area contributed by atoms with Crippen LogP contribution in [0.25, 0.3) is 0 Å². The van der Waals surface area contributed by atoms with E-state index in [1.807, 2.05) is 0 Å². The monoisotopic (exact) mass is 374 g/mol. The van der Waals surface area contributed by atoms with Crippen molar-refractivity contribution in [2.75, 3.05) is 19.0 Å². The van der Waals surface area contributed by atoms with Crippen LogP contribution in [0, 0.1) is 0 Å². The summed E-state index contributed by atoms with van der Waals surface area (Å²) in [6.07, 6.45) is 19.2. The summed E-state index contributed by atoms with van der Waals surface area (Å²) < 4.78 is 0. The zero-order chi connectivity index (χ0) is 18.6. The van der Waals surface area contributed by atoms with Gasteiger partial charge in [-0.25, -0.2) is 0 Å². The van der Waals surface area contributed by atoms with Crippen molar-refractivity contribution in [2.45, 2.75) is 103 Å². The molecule has 4 nitrogen and oxygen atoms in total. The molecule has 0 unspecified atom stereocenters. The van der Waals surface area contributed by atoms with Gasteiger partial charge in [0, 0.05) is 12.4 Å². The number of thiol groups is 1. The van der Waals surface area contributed by atoms with Crippen LogP contribution in [-0.4, -0.2) is 36.1 Å². The van der Waals surface area contributed by atoms with Crippen molar-refractivity contribution >= 4 is 18.6 Å². The highest BCUT2D eigenvalue weighted by Crippen LogP contribution is 2.12. The molecular formula is C20H42N2O2S. The Morgan fingerprint density at radius 3 is 1.68 bits per heavy atom. The molecule has 0 aliphatic heterocycles. The Hall–Kier alpha value is -0.260. The van der Waals surface area contributed by atoms with Crippen LogP contribution in [0.1, 0.15) is 96.8 Å². The van der Waals surface area contributed by atoms with Crippen molar-refractivity contribution in [2.24, 2.45) is 0 Å². The molecule has 0 aromatic heterocycles. The second-order valence-corrected chi connectivity index (χ2v) is 7.42. The fraction of sp³-hybridized carbons (Fsp3) is 0.950. The third-order valence-electron chi connectivity index (χ3n) is 4.66. The summed E-state index contributed by atoms with van der Waals surface area (Å²) in [6.45, 7) is 3.76. The minimum atomic E-state index is -0.840. The molecule has 0 amide bonds. The van der Waals surface area contributed by atoms with Crippen LogP contribution >= 0.6 is 12.6 Å². The van der Waals surface area contributed by atoms with Crippen LogP contribution in [0.3, 0.4) is 0 Å². The van der Waals surface area contributed by atoms with E-state index in [9.17, 15) is 4.79 Å². The van der Waals surface area contributed by atoms with E-state index in [0.717, 1.165) is 13.0 Å². The second kappa shape index (κ2) is 20.1. The molecule has 0 aromatic carbocycles. The average Bonchev–Trinajstić information content (AvgIpc) is 2.60. The van der Waals surface area contributed by atoms with Gasteiger partial charge in [0.1, 0.15) is 6.04 Å². The van der Waals surface area contributed by atoms with Gasteiger partial charge in [-0.2, -0.15) is 12.6 Å². The molecule has 0 saturated carbocycles. The van der Waals surface area contributed by atoms with E-state index in [4.69, 9.17) is 5.11 Å². The van der Waals surface area contributed by atoms with Gasteiger partial charge >= 0.3 is 5.97 Å². The number of carboxylic acids is 1. The normalized spacial score (nSPS) is 12.4. The molecule has 0 aromatic rings. The molecule has 150 valence electrons. The van der Waals surface area contributed by atoms with Crippen LogP contribution < -0.4 is 10.6 Å². The fourth-order valence-electron chi connectivity index (χ4n) is 2.96. The Morgan fingerprint density at radius 2 is 1.28 bits per heavy atom. The summed E-state index contributed by atoms with van der Waals surface area (Å²) in [5.74, 6) is -0.524. The van der Waals surface area contributed by atoms with Gasteiger partial charge in [-0.1, -0.05) is 90.4 Å². The highest BCUT2D eigenvalue weighted by atomic mass is 32.1. The molecule has 0 bridgehead atoms. The lowest BCUT2D eigenvalue weighted by Crippen LogP contribution is -2.43. The van der Waals surface area contributed by atoms with Gasteiger partial charge in [0.2, 0.25) is 0 Å². The maximum atomic E-state index is 10.8. The second-order valence-electron chi connectivity index (χ2n) is 7.05. The smallest absolute Gasteiger partial charge is 0.321 e. The molecule has 0 radical (unpaired) electrons. The fourth-order valence-corrected chi connectivity index (χ4v) is 3.24.